The van der Waals surface area contributed by atoms with Crippen molar-refractivity contribution < 1.29 is 19.0 Å². The van der Waals surface area contributed by atoms with Gasteiger partial charge in [0.25, 0.3) is 0 Å². The Morgan fingerprint density at radius 3 is 2.76 bits per heavy atom. The lowest BCUT2D eigenvalue weighted by Gasteiger charge is -2.34. The number of rotatable bonds is 6. The molecule has 25 heavy (non-hydrogen) atoms. The zero-order valence-corrected chi connectivity index (χ0v) is 14.9. The van der Waals surface area contributed by atoms with Crippen LogP contribution in [0.2, 0.25) is 0 Å². The van der Waals surface area contributed by atoms with Gasteiger partial charge >= 0.3 is 0 Å². The van der Waals surface area contributed by atoms with Gasteiger partial charge in [0.15, 0.2) is 6.29 Å². The predicted molar refractivity (Wildman–Crippen MR) is 96.3 cm³/mol. The summed E-state index contributed by atoms with van der Waals surface area (Å²) in [6.45, 7) is 5.63. The van der Waals surface area contributed by atoms with E-state index in [1.54, 1.807) is 6.08 Å². The van der Waals surface area contributed by atoms with Gasteiger partial charge in [-0.3, -0.25) is 4.79 Å². The third-order valence-electron chi connectivity index (χ3n) is 4.57. The van der Waals surface area contributed by atoms with E-state index in [4.69, 9.17) is 14.2 Å². The zero-order chi connectivity index (χ0) is 17.5. The molecule has 1 amide bonds. The van der Waals surface area contributed by atoms with Crippen molar-refractivity contribution in [3.05, 3.63) is 35.9 Å². The molecule has 1 aromatic rings. The minimum absolute atomic E-state index is 0.0500. The van der Waals surface area contributed by atoms with Crippen molar-refractivity contribution in [3.63, 3.8) is 0 Å². The first-order chi connectivity index (χ1) is 12.3. The summed E-state index contributed by atoms with van der Waals surface area (Å²) in [5.74, 6) is 1.19. The van der Waals surface area contributed by atoms with Gasteiger partial charge in [0.1, 0.15) is 5.75 Å². The van der Waals surface area contributed by atoms with Crippen LogP contribution in [0.3, 0.4) is 0 Å². The number of hydrogen-bond donors (Lipinski definition) is 0. The fourth-order valence-corrected chi connectivity index (χ4v) is 3.25. The van der Waals surface area contributed by atoms with Crippen molar-refractivity contribution in [1.82, 2.24) is 4.90 Å². The summed E-state index contributed by atoms with van der Waals surface area (Å²) in [6.07, 6.45) is 6.41. The molecule has 0 N–H and O–H groups in total. The normalized spacial score (nSPS) is 21.8. The molecular formula is C20H27NO4. The Hall–Kier alpha value is -1.85. The molecule has 5 heteroatoms. The molecule has 1 atom stereocenters. The molecule has 2 heterocycles. The van der Waals surface area contributed by atoms with Gasteiger partial charge in [-0.25, -0.2) is 0 Å². The van der Waals surface area contributed by atoms with Crippen molar-refractivity contribution >= 4 is 12.0 Å². The van der Waals surface area contributed by atoms with Crippen LogP contribution in [-0.2, 0) is 14.3 Å². The Kier molecular flexibility index (Phi) is 6.48. The molecule has 0 bridgehead atoms. The molecular weight excluding hydrogens is 318 g/mol. The zero-order valence-electron chi connectivity index (χ0n) is 14.9. The lowest BCUT2D eigenvalue weighted by atomic mass is 9.97. The number of ether oxygens (including phenoxy) is 3. The van der Waals surface area contributed by atoms with Crippen molar-refractivity contribution in [3.8, 4) is 5.75 Å². The first kappa shape index (κ1) is 18.0. The predicted octanol–water partition coefficient (Wildman–Crippen LogP) is 3.10. The van der Waals surface area contributed by atoms with Crippen LogP contribution in [0.15, 0.2) is 30.3 Å². The molecule has 2 aliphatic rings. The van der Waals surface area contributed by atoms with E-state index >= 15 is 0 Å². The fraction of sp³-hybridized carbons (Fsp3) is 0.550. The highest BCUT2D eigenvalue weighted by Gasteiger charge is 2.32. The summed E-state index contributed by atoms with van der Waals surface area (Å²) >= 11 is 0. The quantitative estimate of drug-likeness (QED) is 0.744. The van der Waals surface area contributed by atoms with Crippen molar-refractivity contribution in [2.45, 2.75) is 32.5 Å². The lowest BCUT2D eigenvalue weighted by molar-refractivity contribution is -0.134. The van der Waals surface area contributed by atoms with Crippen LogP contribution in [0.25, 0.3) is 6.08 Å². The number of likely N-dealkylation sites (tertiary alicyclic amines) is 1. The molecule has 5 nitrogen and oxygen atoms in total. The highest BCUT2D eigenvalue weighted by molar-refractivity contribution is 5.91. The highest BCUT2D eigenvalue weighted by atomic mass is 16.7. The molecule has 2 aliphatic heterocycles. The van der Waals surface area contributed by atoms with E-state index in [9.17, 15) is 4.79 Å². The summed E-state index contributed by atoms with van der Waals surface area (Å²) in [5, 5.41) is 0. The summed E-state index contributed by atoms with van der Waals surface area (Å²) < 4.78 is 16.8. The van der Waals surface area contributed by atoms with Crippen LogP contribution < -0.4 is 4.74 Å². The third kappa shape index (κ3) is 5.06. The van der Waals surface area contributed by atoms with Crippen LogP contribution in [0.1, 0.15) is 31.7 Å². The monoisotopic (exact) mass is 345 g/mol. The maximum atomic E-state index is 12.5. The molecule has 2 fully saturated rings. The second-order valence-corrected chi connectivity index (χ2v) is 6.55. The van der Waals surface area contributed by atoms with Crippen molar-refractivity contribution in [2.75, 3.05) is 32.9 Å². The Balaban J connectivity index is 1.52. The van der Waals surface area contributed by atoms with Gasteiger partial charge in [0.2, 0.25) is 5.91 Å². The van der Waals surface area contributed by atoms with Gasteiger partial charge in [-0.1, -0.05) is 19.1 Å². The van der Waals surface area contributed by atoms with Gasteiger partial charge in [-0.05, 0) is 43.0 Å². The van der Waals surface area contributed by atoms with Crippen molar-refractivity contribution in [2.24, 2.45) is 5.92 Å². The minimum atomic E-state index is -0.143. The van der Waals surface area contributed by atoms with Gasteiger partial charge in [-0.2, -0.15) is 0 Å². The SMILES string of the molecule is CCCOc1ccc(/C=C/C(=O)N2CCCC(C3OCCO3)C2)cc1. The number of amides is 1. The average molecular weight is 345 g/mol. The standard InChI is InChI=1S/C20H27NO4/c1-2-12-23-18-8-5-16(6-9-18)7-10-19(22)21-11-3-4-17(15-21)20-24-13-14-25-20/h5-10,17,20H,2-4,11-15H2,1H3/b10-7+. The number of benzene rings is 1. The van der Waals surface area contributed by atoms with Gasteiger partial charge in [-0.15, -0.1) is 0 Å². The topological polar surface area (TPSA) is 48.0 Å². The molecule has 0 aromatic heterocycles. The number of nitrogens with zero attached hydrogens (tertiary/aromatic N) is 1. The number of carbonyl (C=O) groups excluding carboxylic acids is 1. The van der Waals surface area contributed by atoms with E-state index in [0.717, 1.165) is 43.7 Å². The first-order valence-corrected chi connectivity index (χ1v) is 9.19. The van der Waals surface area contributed by atoms with E-state index in [2.05, 4.69) is 6.92 Å². The first-order valence-electron chi connectivity index (χ1n) is 9.19. The second kappa shape index (κ2) is 9.02. The van der Waals surface area contributed by atoms with Crippen LogP contribution in [0.4, 0.5) is 0 Å². The maximum Gasteiger partial charge on any atom is 0.246 e. The van der Waals surface area contributed by atoms with E-state index in [-0.39, 0.29) is 18.1 Å². The second-order valence-electron chi connectivity index (χ2n) is 6.55. The summed E-state index contributed by atoms with van der Waals surface area (Å²) in [7, 11) is 0. The molecule has 136 valence electrons. The Morgan fingerprint density at radius 1 is 1.28 bits per heavy atom. The van der Waals surface area contributed by atoms with Gasteiger partial charge in [0, 0.05) is 25.1 Å². The largest absolute Gasteiger partial charge is 0.494 e. The molecule has 0 radical (unpaired) electrons. The van der Waals surface area contributed by atoms with Crippen LogP contribution in [0, 0.1) is 5.92 Å². The molecule has 0 spiro atoms. The third-order valence-corrected chi connectivity index (χ3v) is 4.57. The molecule has 0 aliphatic carbocycles. The molecule has 1 unspecified atom stereocenters. The number of carbonyl (C=O) groups is 1. The Bertz CT molecular complexity index is 578. The van der Waals surface area contributed by atoms with Crippen molar-refractivity contribution in [1.29, 1.82) is 0 Å². The van der Waals surface area contributed by atoms with E-state index in [1.807, 2.05) is 35.2 Å². The van der Waals surface area contributed by atoms with Crippen LogP contribution in [0.5, 0.6) is 5.75 Å². The van der Waals surface area contributed by atoms with Gasteiger partial charge in [0.05, 0.1) is 19.8 Å². The minimum Gasteiger partial charge on any atom is -0.494 e. The number of hydrogen-bond acceptors (Lipinski definition) is 4. The summed E-state index contributed by atoms with van der Waals surface area (Å²) in [4.78, 5) is 14.4. The molecule has 2 saturated heterocycles. The van der Waals surface area contributed by atoms with Crippen LogP contribution in [-0.4, -0.2) is 50.0 Å². The highest BCUT2D eigenvalue weighted by Crippen LogP contribution is 2.25. The fourth-order valence-electron chi connectivity index (χ4n) is 3.25. The van der Waals surface area contributed by atoms with Gasteiger partial charge < -0.3 is 19.1 Å². The number of piperidine rings is 1. The van der Waals surface area contributed by atoms with E-state index < -0.39 is 0 Å². The average Bonchev–Trinajstić information content (AvgIpc) is 3.20. The van der Waals surface area contributed by atoms with Crippen LogP contribution >= 0.6 is 0 Å². The molecule has 3 rings (SSSR count). The van der Waals surface area contributed by atoms with E-state index in [1.165, 1.54) is 0 Å². The molecule has 1 aromatic carbocycles. The van der Waals surface area contributed by atoms with E-state index in [0.29, 0.717) is 19.8 Å². The summed E-state index contributed by atoms with van der Waals surface area (Å²) in [5.41, 5.74) is 0.994. The lowest BCUT2D eigenvalue weighted by Crippen LogP contribution is -2.43. The summed E-state index contributed by atoms with van der Waals surface area (Å²) in [6, 6.07) is 7.80. The smallest absolute Gasteiger partial charge is 0.246 e. The maximum absolute atomic E-state index is 12.5. The molecule has 0 saturated carbocycles. The Morgan fingerprint density at radius 2 is 2.04 bits per heavy atom. The Labute approximate surface area is 149 Å².